The molecule has 1 amide bonds. The van der Waals surface area contributed by atoms with E-state index in [-0.39, 0.29) is 11.7 Å². The van der Waals surface area contributed by atoms with Crippen molar-refractivity contribution in [2.75, 3.05) is 41.1 Å². The largest absolute Gasteiger partial charge is 0.353 e. The van der Waals surface area contributed by atoms with E-state index in [4.69, 9.17) is 0 Å². The molecule has 2 aromatic rings. The van der Waals surface area contributed by atoms with Crippen molar-refractivity contribution in [1.29, 1.82) is 0 Å². The first-order valence-electron chi connectivity index (χ1n) is 10.7. The molecule has 0 aliphatic carbocycles. The lowest BCUT2D eigenvalue weighted by Crippen LogP contribution is -2.49. The second kappa shape index (κ2) is 7.82. The Kier molecular flexibility index (Phi) is 5.45. The molecule has 7 nitrogen and oxygen atoms in total. The van der Waals surface area contributed by atoms with Crippen LogP contribution in [0.5, 0.6) is 0 Å². The molecule has 3 heterocycles. The molecule has 2 aliphatic heterocycles. The Balaban J connectivity index is 1.44. The lowest BCUT2D eigenvalue weighted by Gasteiger charge is -2.36. The highest BCUT2D eigenvalue weighted by atomic mass is 32.2. The van der Waals surface area contributed by atoms with E-state index in [9.17, 15) is 13.2 Å². The number of piperazine rings is 1. The number of benzene rings is 1. The predicted octanol–water partition coefficient (Wildman–Crippen LogP) is 2.98. The number of hydrogen-bond donors (Lipinski definition) is 0. The Bertz CT molecular complexity index is 1090. The van der Waals surface area contributed by atoms with Gasteiger partial charge in [-0.05, 0) is 69.5 Å². The number of amides is 1. The first-order chi connectivity index (χ1) is 14.6. The predicted molar refractivity (Wildman–Crippen MR) is 123 cm³/mol. The first kappa shape index (κ1) is 21.6. The molecular formula is C23H30N4O3S. The molecule has 0 radical (unpaired) electrons. The average Bonchev–Trinajstić information content (AvgIpc) is 2.95. The van der Waals surface area contributed by atoms with Crippen LogP contribution in [-0.2, 0) is 10.0 Å². The Hall–Kier alpha value is -2.61. The summed E-state index contributed by atoms with van der Waals surface area (Å²) in [7, 11) is -3.31. The summed E-state index contributed by atoms with van der Waals surface area (Å²) in [5.74, 6) is 1.11. The molecule has 0 N–H and O–H groups in total. The summed E-state index contributed by atoms with van der Waals surface area (Å²) in [6.45, 7) is 10.7. The molecule has 2 fully saturated rings. The zero-order valence-corrected chi connectivity index (χ0v) is 19.4. The highest BCUT2D eigenvalue weighted by Crippen LogP contribution is 2.36. The molecule has 1 aromatic heterocycles. The van der Waals surface area contributed by atoms with Gasteiger partial charge in [-0.15, -0.1) is 0 Å². The number of aryl methyl sites for hydroxylation is 2. The summed E-state index contributed by atoms with van der Waals surface area (Å²) in [5, 5.41) is 0. The molecule has 0 saturated carbocycles. The summed E-state index contributed by atoms with van der Waals surface area (Å²) in [5.41, 5.74) is 3.03. The Morgan fingerprint density at radius 2 is 1.68 bits per heavy atom. The van der Waals surface area contributed by atoms with Crippen LogP contribution >= 0.6 is 0 Å². The van der Waals surface area contributed by atoms with Crippen molar-refractivity contribution < 1.29 is 13.2 Å². The van der Waals surface area contributed by atoms with Crippen LogP contribution in [0.4, 0.5) is 11.5 Å². The summed E-state index contributed by atoms with van der Waals surface area (Å²) in [6, 6.07) is 9.09. The summed E-state index contributed by atoms with van der Waals surface area (Å²) < 4.78 is 26.4. The standard InChI is InChI=1S/C23H30N4O3S/c1-17-15-18(2)21(24-16-17)25-10-12-26(13-11-25)22(28)19-5-7-20(8-6-19)27-23(3,4)9-14-31(27,29)30/h5-8,15-16H,9-14H2,1-4H3. The number of aromatic nitrogens is 1. The highest BCUT2D eigenvalue weighted by Gasteiger charge is 2.43. The number of hydrogen-bond acceptors (Lipinski definition) is 5. The Labute approximate surface area is 184 Å². The van der Waals surface area contributed by atoms with Crippen LogP contribution in [0.2, 0.25) is 0 Å². The van der Waals surface area contributed by atoms with Gasteiger partial charge < -0.3 is 9.80 Å². The molecule has 1 aromatic carbocycles. The molecule has 2 saturated heterocycles. The normalized spacial score (nSPS) is 20.2. The number of rotatable bonds is 3. The average molecular weight is 443 g/mol. The van der Waals surface area contributed by atoms with Gasteiger partial charge >= 0.3 is 0 Å². The lowest BCUT2D eigenvalue weighted by molar-refractivity contribution is 0.0746. The van der Waals surface area contributed by atoms with Gasteiger partial charge in [-0.3, -0.25) is 9.10 Å². The second-order valence-corrected chi connectivity index (χ2v) is 11.1. The minimum absolute atomic E-state index is 0.0247. The van der Waals surface area contributed by atoms with Gasteiger partial charge in [0.15, 0.2) is 0 Å². The molecule has 0 unspecified atom stereocenters. The van der Waals surface area contributed by atoms with E-state index < -0.39 is 15.6 Å². The quantitative estimate of drug-likeness (QED) is 0.731. The molecule has 0 atom stereocenters. The van der Waals surface area contributed by atoms with E-state index in [1.807, 2.05) is 31.9 Å². The van der Waals surface area contributed by atoms with Gasteiger partial charge in [-0.2, -0.15) is 0 Å². The SMILES string of the molecule is Cc1cnc(N2CCN(C(=O)c3ccc(N4C(C)(C)CCS4(=O)=O)cc3)CC2)c(C)c1. The summed E-state index contributed by atoms with van der Waals surface area (Å²) >= 11 is 0. The van der Waals surface area contributed by atoms with Gasteiger partial charge in [0.25, 0.3) is 5.91 Å². The lowest BCUT2D eigenvalue weighted by atomic mass is 10.0. The van der Waals surface area contributed by atoms with Crippen LogP contribution in [0.15, 0.2) is 36.5 Å². The third-order valence-corrected chi connectivity index (χ3v) is 8.18. The topological polar surface area (TPSA) is 73.8 Å². The van der Waals surface area contributed by atoms with Crippen molar-refractivity contribution in [1.82, 2.24) is 9.88 Å². The molecule has 4 rings (SSSR count). The molecule has 31 heavy (non-hydrogen) atoms. The van der Waals surface area contributed by atoms with Crippen molar-refractivity contribution >= 4 is 27.4 Å². The zero-order valence-electron chi connectivity index (χ0n) is 18.6. The third-order valence-electron chi connectivity index (χ3n) is 6.20. The number of carbonyl (C=O) groups excluding carboxylic acids is 1. The number of carbonyl (C=O) groups is 1. The zero-order chi connectivity index (χ0) is 22.4. The smallest absolute Gasteiger partial charge is 0.253 e. The number of sulfonamides is 1. The molecule has 0 bridgehead atoms. The van der Waals surface area contributed by atoms with E-state index >= 15 is 0 Å². The van der Waals surface area contributed by atoms with Gasteiger partial charge in [0.2, 0.25) is 10.0 Å². The highest BCUT2D eigenvalue weighted by molar-refractivity contribution is 7.93. The minimum Gasteiger partial charge on any atom is -0.353 e. The maximum atomic E-state index is 13.0. The van der Waals surface area contributed by atoms with Crippen molar-refractivity contribution in [3.8, 4) is 0 Å². The molecule has 2 aliphatic rings. The Morgan fingerprint density at radius 3 is 2.23 bits per heavy atom. The Morgan fingerprint density at radius 1 is 1.03 bits per heavy atom. The monoisotopic (exact) mass is 442 g/mol. The van der Waals surface area contributed by atoms with Crippen molar-refractivity contribution in [2.24, 2.45) is 0 Å². The van der Waals surface area contributed by atoms with Crippen LogP contribution in [0, 0.1) is 13.8 Å². The van der Waals surface area contributed by atoms with E-state index in [0.717, 1.165) is 30.0 Å². The van der Waals surface area contributed by atoms with Gasteiger partial charge in [0.1, 0.15) is 5.82 Å². The summed E-state index contributed by atoms with van der Waals surface area (Å²) in [6.07, 6.45) is 2.47. The van der Waals surface area contributed by atoms with Crippen LogP contribution < -0.4 is 9.21 Å². The number of nitrogens with zero attached hydrogens (tertiary/aromatic N) is 4. The van der Waals surface area contributed by atoms with E-state index in [1.54, 1.807) is 24.3 Å². The fourth-order valence-corrected chi connectivity index (χ4v) is 6.77. The van der Waals surface area contributed by atoms with E-state index in [0.29, 0.717) is 30.8 Å². The molecule has 0 spiro atoms. The molecular weight excluding hydrogens is 412 g/mol. The van der Waals surface area contributed by atoms with E-state index in [1.165, 1.54) is 4.31 Å². The van der Waals surface area contributed by atoms with Crippen molar-refractivity contribution in [3.05, 3.63) is 53.2 Å². The van der Waals surface area contributed by atoms with Crippen LogP contribution in [-0.4, -0.2) is 61.7 Å². The van der Waals surface area contributed by atoms with Gasteiger partial charge in [-0.25, -0.2) is 13.4 Å². The second-order valence-electron chi connectivity index (χ2n) is 9.12. The van der Waals surface area contributed by atoms with Crippen molar-refractivity contribution in [2.45, 2.75) is 39.7 Å². The van der Waals surface area contributed by atoms with Crippen LogP contribution in [0.1, 0.15) is 41.8 Å². The van der Waals surface area contributed by atoms with Gasteiger partial charge in [-0.1, -0.05) is 6.07 Å². The fourth-order valence-electron chi connectivity index (χ4n) is 4.54. The van der Waals surface area contributed by atoms with Gasteiger partial charge in [0.05, 0.1) is 17.0 Å². The maximum absolute atomic E-state index is 13.0. The van der Waals surface area contributed by atoms with Crippen LogP contribution in [0.25, 0.3) is 0 Å². The third kappa shape index (κ3) is 4.13. The fraction of sp³-hybridized carbons (Fsp3) is 0.478. The van der Waals surface area contributed by atoms with Gasteiger partial charge in [0, 0.05) is 37.9 Å². The number of pyridine rings is 1. The number of anilines is 2. The maximum Gasteiger partial charge on any atom is 0.253 e. The molecule has 166 valence electrons. The first-order valence-corrected chi connectivity index (χ1v) is 12.3. The van der Waals surface area contributed by atoms with Crippen LogP contribution in [0.3, 0.4) is 0 Å². The summed E-state index contributed by atoms with van der Waals surface area (Å²) in [4.78, 5) is 21.6. The van der Waals surface area contributed by atoms with Crippen molar-refractivity contribution in [3.63, 3.8) is 0 Å². The van der Waals surface area contributed by atoms with E-state index in [2.05, 4.69) is 22.9 Å². The minimum atomic E-state index is -3.31. The molecule has 8 heteroatoms.